The van der Waals surface area contributed by atoms with Gasteiger partial charge in [0, 0.05) is 0 Å². The van der Waals surface area contributed by atoms with Gasteiger partial charge in [0.05, 0.1) is 12.7 Å². The Balaban J connectivity index is 2.22. The normalized spacial score (nSPS) is 16.8. The van der Waals surface area contributed by atoms with Crippen LogP contribution in [-0.4, -0.2) is 29.8 Å². The first-order valence-electron chi connectivity index (χ1n) is 5.56. The number of para-hydroxylation sites is 1. The Labute approximate surface area is 107 Å². The number of hydrogen-bond donors (Lipinski definition) is 2. The molecule has 1 saturated carbocycles. The van der Waals surface area contributed by atoms with Crippen molar-refractivity contribution in [3.63, 3.8) is 0 Å². The van der Waals surface area contributed by atoms with Gasteiger partial charge in [-0.25, -0.2) is 0 Å². The standard InChI is InChI=1S/C12H12F3NO3/c1-19-8-4-2-3-7(9(8)17)10(18)16-11(5-6-11)12(13,14)15/h2-4,17H,5-6H2,1H3,(H,16,18). The van der Waals surface area contributed by atoms with Crippen LogP contribution < -0.4 is 10.1 Å². The second-order valence-corrected chi connectivity index (χ2v) is 4.39. The van der Waals surface area contributed by atoms with Gasteiger partial charge in [-0.3, -0.25) is 4.79 Å². The highest BCUT2D eigenvalue weighted by molar-refractivity contribution is 5.98. The summed E-state index contributed by atoms with van der Waals surface area (Å²) in [6, 6.07) is 4.06. The summed E-state index contributed by atoms with van der Waals surface area (Å²) in [5.74, 6) is -1.41. The first kappa shape index (κ1) is 13.5. The van der Waals surface area contributed by atoms with Crippen molar-refractivity contribution >= 4 is 5.91 Å². The predicted molar refractivity (Wildman–Crippen MR) is 60.1 cm³/mol. The molecule has 19 heavy (non-hydrogen) atoms. The average molecular weight is 275 g/mol. The lowest BCUT2D eigenvalue weighted by Gasteiger charge is -2.21. The number of nitrogens with one attached hydrogen (secondary N) is 1. The molecule has 4 nitrogen and oxygen atoms in total. The zero-order valence-corrected chi connectivity index (χ0v) is 10.0. The quantitative estimate of drug-likeness (QED) is 0.889. The van der Waals surface area contributed by atoms with Crippen molar-refractivity contribution < 1.29 is 27.8 Å². The molecule has 0 heterocycles. The molecule has 0 atom stereocenters. The molecule has 104 valence electrons. The van der Waals surface area contributed by atoms with Crippen LogP contribution in [0.15, 0.2) is 18.2 Å². The minimum atomic E-state index is -4.49. The molecule has 2 rings (SSSR count). The lowest BCUT2D eigenvalue weighted by molar-refractivity contribution is -0.163. The summed E-state index contributed by atoms with van der Waals surface area (Å²) in [5.41, 5.74) is -2.39. The number of rotatable bonds is 3. The number of methoxy groups -OCH3 is 1. The van der Waals surface area contributed by atoms with Gasteiger partial charge in [-0.15, -0.1) is 0 Å². The maximum atomic E-state index is 12.7. The van der Waals surface area contributed by atoms with Gasteiger partial charge >= 0.3 is 6.18 Å². The van der Waals surface area contributed by atoms with E-state index in [1.165, 1.54) is 25.3 Å². The zero-order valence-electron chi connectivity index (χ0n) is 10.0. The fourth-order valence-corrected chi connectivity index (χ4v) is 1.76. The number of aromatic hydroxyl groups is 1. The number of phenols is 1. The Hall–Kier alpha value is -1.92. The minimum absolute atomic E-state index is 0.0319. The number of carbonyl (C=O) groups is 1. The first-order chi connectivity index (χ1) is 8.81. The third-order valence-corrected chi connectivity index (χ3v) is 3.11. The van der Waals surface area contributed by atoms with E-state index in [2.05, 4.69) is 0 Å². The van der Waals surface area contributed by atoms with Gasteiger partial charge in [0.2, 0.25) is 0 Å². The average Bonchev–Trinajstić information content (AvgIpc) is 3.09. The molecule has 1 amide bonds. The lowest BCUT2D eigenvalue weighted by atomic mass is 10.1. The van der Waals surface area contributed by atoms with Gasteiger partial charge in [0.25, 0.3) is 5.91 Å². The summed E-state index contributed by atoms with van der Waals surface area (Å²) in [4.78, 5) is 11.8. The zero-order chi connectivity index (χ0) is 14.3. The van der Waals surface area contributed by atoms with E-state index in [0.717, 1.165) is 0 Å². The van der Waals surface area contributed by atoms with Crippen LogP contribution in [-0.2, 0) is 0 Å². The molecule has 0 bridgehead atoms. The fourth-order valence-electron chi connectivity index (χ4n) is 1.76. The van der Waals surface area contributed by atoms with E-state index < -0.39 is 23.4 Å². The first-order valence-corrected chi connectivity index (χ1v) is 5.56. The number of amides is 1. The van der Waals surface area contributed by atoms with Crippen molar-refractivity contribution in [3.05, 3.63) is 23.8 Å². The highest BCUT2D eigenvalue weighted by Gasteiger charge is 2.64. The third kappa shape index (κ3) is 2.32. The Morgan fingerprint density at radius 1 is 1.42 bits per heavy atom. The van der Waals surface area contributed by atoms with Gasteiger partial charge in [0.1, 0.15) is 5.54 Å². The van der Waals surface area contributed by atoms with Gasteiger partial charge in [-0.1, -0.05) is 6.07 Å². The minimum Gasteiger partial charge on any atom is -0.504 e. The van der Waals surface area contributed by atoms with Crippen molar-refractivity contribution in [2.75, 3.05) is 7.11 Å². The summed E-state index contributed by atoms with van der Waals surface area (Å²) in [5, 5.41) is 11.6. The van der Waals surface area contributed by atoms with E-state index in [-0.39, 0.29) is 24.2 Å². The summed E-state index contributed by atoms with van der Waals surface area (Å²) in [6.07, 6.45) is -4.78. The molecule has 1 aliphatic rings. The lowest BCUT2D eigenvalue weighted by Crippen LogP contribution is -2.47. The van der Waals surface area contributed by atoms with Crippen LogP contribution in [0.5, 0.6) is 11.5 Å². The number of ether oxygens (including phenoxy) is 1. The molecule has 1 aliphatic carbocycles. The number of phenolic OH excluding ortho intramolecular Hbond substituents is 1. The van der Waals surface area contributed by atoms with E-state index in [1.807, 2.05) is 5.32 Å². The molecule has 0 radical (unpaired) electrons. The Morgan fingerprint density at radius 2 is 2.05 bits per heavy atom. The SMILES string of the molecule is COc1cccc(C(=O)NC2(C(F)(F)F)CC2)c1O. The van der Waals surface area contributed by atoms with Gasteiger partial charge in [-0.2, -0.15) is 13.2 Å². The Kier molecular flexibility index (Phi) is 3.07. The summed E-state index contributed by atoms with van der Waals surface area (Å²) in [6.45, 7) is 0. The largest absolute Gasteiger partial charge is 0.504 e. The van der Waals surface area contributed by atoms with Crippen molar-refractivity contribution in [1.29, 1.82) is 0 Å². The van der Waals surface area contributed by atoms with Gasteiger partial charge < -0.3 is 15.2 Å². The maximum Gasteiger partial charge on any atom is 0.411 e. The van der Waals surface area contributed by atoms with Crippen LogP contribution in [0.1, 0.15) is 23.2 Å². The highest BCUT2D eigenvalue weighted by Crippen LogP contribution is 2.49. The van der Waals surface area contributed by atoms with Gasteiger partial charge in [0.15, 0.2) is 11.5 Å². The summed E-state index contributed by atoms with van der Waals surface area (Å²) in [7, 11) is 1.29. The summed E-state index contributed by atoms with van der Waals surface area (Å²) < 4.78 is 42.9. The molecule has 2 N–H and O–H groups in total. The molecule has 0 spiro atoms. The van der Waals surface area contributed by atoms with E-state index in [4.69, 9.17) is 4.74 Å². The molecular formula is C12H12F3NO3. The van der Waals surface area contributed by atoms with Crippen molar-refractivity contribution in [2.24, 2.45) is 0 Å². The molecule has 0 saturated heterocycles. The number of carbonyl (C=O) groups excluding carboxylic acids is 1. The van der Waals surface area contributed by atoms with E-state index in [1.54, 1.807) is 0 Å². The van der Waals surface area contributed by atoms with Crippen molar-refractivity contribution in [1.82, 2.24) is 5.32 Å². The maximum absolute atomic E-state index is 12.7. The molecule has 1 aromatic carbocycles. The van der Waals surface area contributed by atoms with Crippen LogP contribution in [0, 0.1) is 0 Å². The molecule has 1 aromatic rings. The smallest absolute Gasteiger partial charge is 0.411 e. The monoisotopic (exact) mass is 275 g/mol. The molecule has 7 heteroatoms. The summed E-state index contributed by atoms with van der Waals surface area (Å²) >= 11 is 0. The molecule has 0 aromatic heterocycles. The number of benzene rings is 1. The van der Waals surface area contributed by atoms with Crippen molar-refractivity contribution in [2.45, 2.75) is 24.6 Å². The Morgan fingerprint density at radius 3 is 2.53 bits per heavy atom. The molecule has 0 aliphatic heterocycles. The number of alkyl halides is 3. The van der Waals surface area contributed by atoms with Gasteiger partial charge in [-0.05, 0) is 25.0 Å². The second kappa shape index (κ2) is 4.32. The number of halogens is 3. The second-order valence-electron chi connectivity index (χ2n) is 4.39. The van der Waals surface area contributed by atoms with Crippen LogP contribution in [0.25, 0.3) is 0 Å². The van der Waals surface area contributed by atoms with Crippen LogP contribution >= 0.6 is 0 Å². The topological polar surface area (TPSA) is 58.6 Å². The van der Waals surface area contributed by atoms with E-state index >= 15 is 0 Å². The van der Waals surface area contributed by atoms with Crippen LogP contribution in [0.2, 0.25) is 0 Å². The predicted octanol–water partition coefficient (Wildman–Crippen LogP) is 2.23. The fraction of sp³-hybridized carbons (Fsp3) is 0.417. The van der Waals surface area contributed by atoms with E-state index in [9.17, 15) is 23.1 Å². The van der Waals surface area contributed by atoms with Crippen LogP contribution in [0.4, 0.5) is 13.2 Å². The molecule has 1 fully saturated rings. The van der Waals surface area contributed by atoms with E-state index in [0.29, 0.717) is 0 Å². The third-order valence-electron chi connectivity index (χ3n) is 3.11. The van der Waals surface area contributed by atoms with Crippen LogP contribution in [0.3, 0.4) is 0 Å². The molecular weight excluding hydrogens is 263 g/mol. The number of hydrogen-bond acceptors (Lipinski definition) is 3. The van der Waals surface area contributed by atoms with Crippen molar-refractivity contribution in [3.8, 4) is 11.5 Å². The Bertz CT molecular complexity index is 509. The highest BCUT2D eigenvalue weighted by atomic mass is 19.4. The molecule has 0 unspecified atom stereocenters.